The average molecular weight is 382 g/mol. The van der Waals surface area contributed by atoms with Crippen LogP contribution in [0.3, 0.4) is 0 Å². The molecule has 2 aromatic heterocycles. The number of nitrogens with zero attached hydrogens (tertiary/aromatic N) is 3. The molecule has 3 rings (SSSR count). The highest BCUT2D eigenvalue weighted by Crippen LogP contribution is 2.14. The molecule has 0 aliphatic rings. The van der Waals surface area contributed by atoms with Crippen molar-refractivity contribution >= 4 is 28.8 Å². The Kier molecular flexibility index (Phi) is 6.24. The van der Waals surface area contributed by atoms with Crippen molar-refractivity contribution in [1.29, 1.82) is 0 Å². The number of amides is 1. The summed E-state index contributed by atoms with van der Waals surface area (Å²) in [7, 11) is 1.66. The van der Waals surface area contributed by atoms with Crippen molar-refractivity contribution in [1.82, 2.24) is 19.9 Å². The average Bonchev–Trinajstić information content (AvgIpc) is 2.69. The zero-order valence-electron chi connectivity index (χ0n) is 15.4. The summed E-state index contributed by atoms with van der Waals surface area (Å²) in [6.45, 7) is 1.99. The van der Waals surface area contributed by atoms with E-state index in [1.165, 1.54) is 10.1 Å². The number of rotatable bonds is 7. The van der Waals surface area contributed by atoms with Gasteiger partial charge < -0.3 is 5.32 Å². The quantitative estimate of drug-likeness (QED) is 0.636. The predicted octanol–water partition coefficient (Wildman–Crippen LogP) is 2.56. The summed E-state index contributed by atoms with van der Waals surface area (Å²) in [6, 6.07) is 13.8. The van der Waals surface area contributed by atoms with Gasteiger partial charge in [-0.2, -0.15) is 0 Å². The Hall–Kier alpha value is -2.67. The van der Waals surface area contributed by atoms with E-state index >= 15 is 0 Å². The molecule has 0 spiro atoms. The minimum absolute atomic E-state index is 0.0647. The molecule has 0 fully saturated rings. The number of hydrogen-bond donors (Lipinski definition) is 1. The van der Waals surface area contributed by atoms with Gasteiger partial charge in [-0.3, -0.25) is 14.2 Å². The first kappa shape index (κ1) is 19.1. The van der Waals surface area contributed by atoms with Crippen molar-refractivity contribution in [2.24, 2.45) is 7.05 Å². The highest BCUT2D eigenvalue weighted by Gasteiger charge is 2.13. The lowest BCUT2D eigenvalue weighted by Gasteiger charge is -2.14. The Morgan fingerprint density at radius 1 is 1.22 bits per heavy atom. The molecule has 1 unspecified atom stereocenters. The van der Waals surface area contributed by atoms with Crippen molar-refractivity contribution in [3.05, 3.63) is 64.6 Å². The Morgan fingerprint density at radius 2 is 2.00 bits per heavy atom. The van der Waals surface area contributed by atoms with Crippen LogP contribution in [0.1, 0.15) is 18.9 Å². The first-order valence-corrected chi connectivity index (χ1v) is 9.81. The van der Waals surface area contributed by atoms with Crippen LogP contribution < -0.4 is 10.9 Å². The second-order valence-electron chi connectivity index (χ2n) is 6.41. The van der Waals surface area contributed by atoms with E-state index in [-0.39, 0.29) is 23.3 Å². The van der Waals surface area contributed by atoms with Crippen LogP contribution in [0.5, 0.6) is 0 Å². The highest BCUT2D eigenvalue weighted by molar-refractivity contribution is 7.99. The van der Waals surface area contributed by atoms with Crippen molar-refractivity contribution < 1.29 is 4.79 Å². The first-order chi connectivity index (χ1) is 13.0. The third kappa shape index (κ3) is 4.95. The van der Waals surface area contributed by atoms with Crippen molar-refractivity contribution in [2.75, 3.05) is 5.75 Å². The number of carbonyl (C=O) groups is 1. The van der Waals surface area contributed by atoms with E-state index in [2.05, 4.69) is 27.4 Å². The van der Waals surface area contributed by atoms with Crippen LogP contribution in [-0.2, 0) is 18.3 Å². The number of hydrogen-bond acceptors (Lipinski definition) is 5. The van der Waals surface area contributed by atoms with Gasteiger partial charge in [-0.15, -0.1) is 0 Å². The van der Waals surface area contributed by atoms with E-state index in [0.29, 0.717) is 16.2 Å². The molecule has 6 nitrogen and oxygen atoms in total. The van der Waals surface area contributed by atoms with Gasteiger partial charge in [0.2, 0.25) is 5.91 Å². The number of nitrogens with one attached hydrogen (secondary N) is 1. The summed E-state index contributed by atoms with van der Waals surface area (Å²) in [5.74, 6) is 0.0552. The maximum absolute atomic E-state index is 12.4. The molecule has 0 aliphatic carbocycles. The summed E-state index contributed by atoms with van der Waals surface area (Å²) >= 11 is 1.16. The van der Waals surface area contributed by atoms with E-state index in [0.717, 1.165) is 24.6 Å². The van der Waals surface area contributed by atoms with Crippen LogP contribution in [0.25, 0.3) is 11.2 Å². The minimum atomic E-state index is -0.240. The Bertz CT molecular complexity index is 988. The fourth-order valence-corrected chi connectivity index (χ4v) is 3.55. The number of fused-ring (bicyclic) bond motifs is 1. The van der Waals surface area contributed by atoms with Gasteiger partial charge in [0.15, 0.2) is 10.7 Å². The summed E-state index contributed by atoms with van der Waals surface area (Å²) in [5, 5.41) is 3.29. The third-order valence-corrected chi connectivity index (χ3v) is 5.20. The molecule has 0 saturated carbocycles. The third-order valence-electron chi connectivity index (χ3n) is 4.25. The number of benzene rings is 1. The van der Waals surface area contributed by atoms with E-state index in [9.17, 15) is 9.59 Å². The standard InChI is InChI=1S/C20H22N4O2S/c1-14(10-11-15-7-4-3-5-8-15)22-17(25)13-27-19-20(26)24(2)18-16(23-19)9-6-12-21-18/h3-9,12,14H,10-11,13H2,1-2H3,(H,22,25). The molecule has 27 heavy (non-hydrogen) atoms. The van der Waals surface area contributed by atoms with E-state index in [4.69, 9.17) is 0 Å². The molecule has 0 bridgehead atoms. The second kappa shape index (κ2) is 8.81. The smallest absolute Gasteiger partial charge is 0.284 e. The molecule has 140 valence electrons. The van der Waals surface area contributed by atoms with Gasteiger partial charge >= 0.3 is 0 Å². The van der Waals surface area contributed by atoms with Crippen LogP contribution in [0.2, 0.25) is 0 Å². The van der Waals surface area contributed by atoms with Crippen LogP contribution in [0.4, 0.5) is 0 Å². The predicted molar refractivity (Wildman–Crippen MR) is 108 cm³/mol. The minimum Gasteiger partial charge on any atom is -0.353 e. The summed E-state index contributed by atoms with van der Waals surface area (Å²) in [4.78, 5) is 33.1. The zero-order chi connectivity index (χ0) is 19.2. The number of thioether (sulfide) groups is 1. The molecule has 0 radical (unpaired) electrons. The van der Waals surface area contributed by atoms with Crippen molar-refractivity contribution in [2.45, 2.75) is 30.8 Å². The molecule has 0 aliphatic heterocycles. The summed E-state index contributed by atoms with van der Waals surface area (Å²) in [5.41, 5.74) is 2.19. The highest BCUT2D eigenvalue weighted by atomic mass is 32.2. The van der Waals surface area contributed by atoms with Crippen LogP contribution in [0.15, 0.2) is 58.5 Å². The molecule has 0 saturated heterocycles. The maximum Gasteiger partial charge on any atom is 0.284 e. The lowest BCUT2D eigenvalue weighted by Crippen LogP contribution is -2.34. The second-order valence-corrected chi connectivity index (χ2v) is 7.37. The van der Waals surface area contributed by atoms with Gasteiger partial charge in [0.1, 0.15) is 5.52 Å². The topological polar surface area (TPSA) is 76.9 Å². The van der Waals surface area contributed by atoms with E-state index in [1.807, 2.05) is 25.1 Å². The van der Waals surface area contributed by atoms with Crippen LogP contribution in [-0.4, -0.2) is 32.2 Å². The molecule has 1 N–H and O–H groups in total. The zero-order valence-corrected chi connectivity index (χ0v) is 16.2. The van der Waals surface area contributed by atoms with Gasteiger partial charge in [-0.05, 0) is 37.5 Å². The molecule has 1 amide bonds. The molecular formula is C20H22N4O2S. The molecule has 7 heteroatoms. The van der Waals surface area contributed by atoms with Gasteiger partial charge in [0.05, 0.1) is 5.75 Å². The Morgan fingerprint density at radius 3 is 2.78 bits per heavy atom. The number of aryl methyl sites for hydroxylation is 2. The number of carbonyl (C=O) groups excluding carboxylic acids is 1. The molecule has 2 heterocycles. The Labute approximate surface area is 162 Å². The van der Waals surface area contributed by atoms with Gasteiger partial charge in [0, 0.05) is 19.3 Å². The van der Waals surface area contributed by atoms with Gasteiger partial charge in [-0.25, -0.2) is 9.97 Å². The van der Waals surface area contributed by atoms with E-state index in [1.54, 1.807) is 25.4 Å². The summed E-state index contributed by atoms with van der Waals surface area (Å²) < 4.78 is 1.46. The van der Waals surface area contributed by atoms with Crippen LogP contribution >= 0.6 is 11.8 Å². The normalized spacial score (nSPS) is 12.1. The van der Waals surface area contributed by atoms with Crippen molar-refractivity contribution in [3.8, 4) is 0 Å². The summed E-state index contributed by atoms with van der Waals surface area (Å²) in [6.07, 6.45) is 3.40. The molecule has 1 atom stereocenters. The lowest BCUT2D eigenvalue weighted by atomic mass is 10.1. The monoisotopic (exact) mass is 382 g/mol. The largest absolute Gasteiger partial charge is 0.353 e. The number of aromatic nitrogens is 3. The lowest BCUT2D eigenvalue weighted by molar-refractivity contribution is -0.119. The fourth-order valence-electron chi connectivity index (χ4n) is 2.78. The SMILES string of the molecule is CC(CCc1ccccc1)NC(=O)CSc1nc2cccnc2n(C)c1=O. The van der Waals surface area contributed by atoms with Crippen LogP contribution in [0, 0.1) is 0 Å². The van der Waals surface area contributed by atoms with Gasteiger partial charge in [0.25, 0.3) is 5.56 Å². The van der Waals surface area contributed by atoms with Crippen molar-refractivity contribution in [3.63, 3.8) is 0 Å². The first-order valence-electron chi connectivity index (χ1n) is 8.82. The molecular weight excluding hydrogens is 360 g/mol. The number of pyridine rings is 1. The maximum atomic E-state index is 12.4. The fraction of sp³-hybridized carbons (Fsp3) is 0.300. The van der Waals surface area contributed by atoms with E-state index < -0.39 is 0 Å². The molecule has 1 aromatic carbocycles. The van der Waals surface area contributed by atoms with Gasteiger partial charge in [-0.1, -0.05) is 42.1 Å². The Balaban J connectivity index is 1.55. The molecule has 3 aromatic rings.